The van der Waals surface area contributed by atoms with E-state index >= 15 is 0 Å². The van der Waals surface area contributed by atoms with E-state index in [1.54, 1.807) is 46.6 Å². The van der Waals surface area contributed by atoms with Crippen LogP contribution < -0.4 is 15.5 Å². The molecule has 0 bridgehead atoms. The third kappa shape index (κ3) is 3.14. The Bertz CT molecular complexity index is 1090. The molecular weight excluding hydrogens is 389 g/mol. The molecule has 0 fully saturated rings. The van der Waals surface area contributed by atoms with Gasteiger partial charge in [0.05, 0.1) is 28.6 Å². The zero-order chi connectivity index (χ0) is 20.1. The summed E-state index contributed by atoms with van der Waals surface area (Å²) in [6.45, 7) is 6.48. The number of fused-ring (bicyclic) bond motifs is 3. The van der Waals surface area contributed by atoms with Crippen molar-refractivity contribution in [3.05, 3.63) is 64.0 Å². The van der Waals surface area contributed by atoms with Crippen LogP contribution in [0.4, 0.5) is 9.39 Å². The van der Waals surface area contributed by atoms with Gasteiger partial charge in [0.1, 0.15) is 28.9 Å². The maximum Gasteiger partial charge on any atom is 0.256 e. The van der Waals surface area contributed by atoms with Gasteiger partial charge >= 0.3 is 0 Å². The summed E-state index contributed by atoms with van der Waals surface area (Å²) in [5, 5.41) is 7.32. The molecule has 3 aromatic rings. The first-order valence-corrected chi connectivity index (χ1v) is 10.7. The van der Waals surface area contributed by atoms with Crippen LogP contribution in [0, 0.1) is 5.82 Å². The number of halogens is 1. The number of benzene rings is 1. The number of rotatable bonds is 3. The van der Waals surface area contributed by atoms with Crippen LogP contribution in [0.5, 0.6) is 0 Å². The number of hydrogen-bond acceptors (Lipinski definition) is 4. The van der Waals surface area contributed by atoms with Crippen LogP contribution in [-0.2, 0) is 13.0 Å². The Balaban J connectivity index is 1.43. The normalized spacial score (nSPS) is 20.8. The molecule has 0 saturated carbocycles. The number of thiophene rings is 1. The fourth-order valence-electron chi connectivity index (χ4n) is 4.16. The molecule has 1 amide bonds. The van der Waals surface area contributed by atoms with E-state index in [1.165, 1.54) is 16.5 Å². The van der Waals surface area contributed by atoms with Crippen molar-refractivity contribution in [3.63, 3.8) is 0 Å². The highest BCUT2D eigenvalue weighted by Crippen LogP contribution is 2.39. The lowest BCUT2D eigenvalue weighted by Gasteiger charge is -2.28. The molecule has 29 heavy (non-hydrogen) atoms. The topological polar surface area (TPSA) is 58.7 Å². The van der Waals surface area contributed by atoms with Gasteiger partial charge in [0.25, 0.3) is 5.91 Å². The molecule has 0 radical (unpaired) electrons. The molecule has 5 rings (SSSR count). The van der Waals surface area contributed by atoms with Crippen molar-refractivity contribution in [2.24, 2.45) is 0 Å². The number of furan rings is 1. The van der Waals surface area contributed by atoms with Crippen molar-refractivity contribution in [1.29, 1.82) is 0 Å². The van der Waals surface area contributed by atoms with Gasteiger partial charge in [0.2, 0.25) is 0 Å². The Kier molecular flexibility index (Phi) is 4.44. The van der Waals surface area contributed by atoms with Crippen molar-refractivity contribution in [1.82, 2.24) is 5.32 Å². The van der Waals surface area contributed by atoms with Crippen LogP contribution in [0.1, 0.15) is 46.6 Å². The van der Waals surface area contributed by atoms with Gasteiger partial charge in [-0.25, -0.2) is 4.39 Å². The molecule has 0 spiro atoms. The van der Waals surface area contributed by atoms with Crippen molar-refractivity contribution < 1.29 is 18.5 Å². The second kappa shape index (κ2) is 7.00. The van der Waals surface area contributed by atoms with Crippen LogP contribution in [0.25, 0.3) is 11.3 Å². The molecule has 1 aromatic carbocycles. The molecule has 2 aliphatic rings. The molecule has 5 nitrogen and oxygen atoms in total. The standard InChI is InChI=1S/C22H22FN3O2S/c1-12(2)26-10-9-14-18(11-26)29-22-19(14)21(27)24-20(25-22)17-8-7-16(28-17)13-5-3-4-6-15(13)23/h3-8,12,20,25H,9-11H2,1-2H3,(H,24,27)/p+1/t20-/m1/s1. The summed E-state index contributed by atoms with van der Waals surface area (Å²) < 4.78 is 19.9. The molecule has 150 valence electrons. The van der Waals surface area contributed by atoms with Crippen LogP contribution >= 0.6 is 11.3 Å². The van der Waals surface area contributed by atoms with E-state index < -0.39 is 6.17 Å². The van der Waals surface area contributed by atoms with Crippen molar-refractivity contribution >= 4 is 22.2 Å². The maximum absolute atomic E-state index is 14.1. The summed E-state index contributed by atoms with van der Waals surface area (Å²) in [6, 6.07) is 10.6. The molecule has 3 N–H and O–H groups in total. The van der Waals surface area contributed by atoms with Crippen LogP contribution in [0.15, 0.2) is 40.8 Å². The van der Waals surface area contributed by atoms with E-state index in [0.717, 1.165) is 30.1 Å². The lowest BCUT2D eigenvalue weighted by Crippen LogP contribution is -3.14. The van der Waals surface area contributed by atoms with Crippen LogP contribution in [-0.4, -0.2) is 18.5 Å². The summed E-state index contributed by atoms with van der Waals surface area (Å²) in [5.74, 6) is 0.599. The van der Waals surface area contributed by atoms with Crippen molar-refractivity contribution in [3.8, 4) is 11.3 Å². The fraction of sp³-hybridized carbons (Fsp3) is 0.318. The predicted molar refractivity (Wildman–Crippen MR) is 111 cm³/mol. The highest BCUT2D eigenvalue weighted by Gasteiger charge is 2.35. The van der Waals surface area contributed by atoms with Gasteiger partial charge in [-0.3, -0.25) is 4.79 Å². The molecule has 0 saturated heterocycles. The smallest absolute Gasteiger partial charge is 0.256 e. The monoisotopic (exact) mass is 412 g/mol. The lowest BCUT2D eigenvalue weighted by atomic mass is 10.0. The molecule has 4 heterocycles. The van der Waals surface area contributed by atoms with Gasteiger partial charge in [-0.05, 0) is 43.7 Å². The summed E-state index contributed by atoms with van der Waals surface area (Å²) in [6.07, 6.45) is 0.455. The SMILES string of the molecule is CC(C)[NH+]1CCc2c(sc3c2C(=O)N[C@@H](c2ccc(-c4ccccc4F)o2)N3)C1. The Morgan fingerprint density at radius 2 is 2.03 bits per heavy atom. The molecule has 2 atom stereocenters. The third-order valence-corrected chi connectivity index (χ3v) is 6.98. The zero-order valence-electron chi connectivity index (χ0n) is 16.3. The number of carbonyl (C=O) groups excluding carboxylic acids is 1. The number of quaternary nitrogens is 1. The van der Waals surface area contributed by atoms with Gasteiger partial charge in [0, 0.05) is 6.42 Å². The third-order valence-electron chi connectivity index (χ3n) is 5.82. The summed E-state index contributed by atoms with van der Waals surface area (Å²) in [4.78, 5) is 15.7. The average Bonchev–Trinajstić information content (AvgIpc) is 3.32. The van der Waals surface area contributed by atoms with E-state index in [4.69, 9.17) is 4.42 Å². The van der Waals surface area contributed by atoms with Gasteiger partial charge in [-0.2, -0.15) is 0 Å². The lowest BCUT2D eigenvalue weighted by molar-refractivity contribution is -0.936. The van der Waals surface area contributed by atoms with E-state index in [2.05, 4.69) is 24.5 Å². The Hall–Kier alpha value is -2.64. The molecule has 2 aliphatic heterocycles. The Morgan fingerprint density at radius 1 is 1.21 bits per heavy atom. The van der Waals surface area contributed by atoms with E-state index in [1.807, 2.05) is 0 Å². The second-order valence-corrected chi connectivity index (χ2v) is 9.04. The van der Waals surface area contributed by atoms with Gasteiger partial charge < -0.3 is 20.0 Å². The molecule has 1 unspecified atom stereocenters. The number of amides is 1. The first kappa shape index (κ1) is 18.4. The van der Waals surface area contributed by atoms with E-state index in [-0.39, 0.29) is 11.7 Å². The second-order valence-electron chi connectivity index (χ2n) is 7.93. The van der Waals surface area contributed by atoms with Gasteiger partial charge in [-0.15, -0.1) is 11.3 Å². The summed E-state index contributed by atoms with van der Waals surface area (Å²) in [7, 11) is 0. The van der Waals surface area contributed by atoms with Crippen LogP contribution in [0.3, 0.4) is 0 Å². The van der Waals surface area contributed by atoms with Crippen molar-refractivity contribution in [2.75, 3.05) is 11.9 Å². The first-order chi connectivity index (χ1) is 14.0. The highest BCUT2D eigenvalue weighted by atomic mass is 32.1. The molecule has 2 aromatic heterocycles. The highest BCUT2D eigenvalue weighted by molar-refractivity contribution is 7.16. The van der Waals surface area contributed by atoms with Crippen LogP contribution in [0.2, 0.25) is 0 Å². The maximum atomic E-state index is 14.1. The van der Waals surface area contributed by atoms with Gasteiger partial charge in [0.15, 0.2) is 6.17 Å². The largest absolute Gasteiger partial charge is 0.457 e. The fourth-order valence-corrected chi connectivity index (χ4v) is 5.49. The molecule has 0 aliphatic carbocycles. The first-order valence-electron chi connectivity index (χ1n) is 9.92. The zero-order valence-corrected chi connectivity index (χ0v) is 17.2. The number of carbonyl (C=O) groups is 1. The minimum absolute atomic E-state index is 0.0712. The predicted octanol–water partition coefficient (Wildman–Crippen LogP) is 3.35. The quantitative estimate of drug-likeness (QED) is 0.618. The van der Waals surface area contributed by atoms with E-state index in [0.29, 0.717) is 23.1 Å². The number of nitrogens with one attached hydrogen (secondary N) is 3. The van der Waals surface area contributed by atoms with Crippen molar-refractivity contribution in [2.45, 2.75) is 39.0 Å². The number of anilines is 1. The average molecular weight is 413 g/mol. The van der Waals surface area contributed by atoms with E-state index in [9.17, 15) is 9.18 Å². The Labute approximate surface area is 172 Å². The number of hydrogen-bond donors (Lipinski definition) is 3. The van der Waals surface area contributed by atoms with Gasteiger partial charge in [-0.1, -0.05) is 12.1 Å². The minimum Gasteiger partial charge on any atom is -0.457 e. The molecule has 7 heteroatoms. The Morgan fingerprint density at radius 3 is 2.83 bits per heavy atom. The minimum atomic E-state index is -0.468. The molecular formula is C22H23FN3O2S+. The summed E-state index contributed by atoms with van der Waals surface area (Å²) >= 11 is 1.67. The summed E-state index contributed by atoms with van der Waals surface area (Å²) in [5.41, 5.74) is 2.37.